The Labute approximate surface area is 156 Å². The zero-order valence-electron chi connectivity index (χ0n) is 14.7. The molecule has 1 amide bonds. The normalized spacial score (nSPS) is 15.5. The SMILES string of the molecule is Cc1c(C(N)=O)c(C)n(CCN2CCOCC2)c1-c1ccc(Br)cc1. The quantitative estimate of drug-likeness (QED) is 0.831. The van der Waals surface area contributed by atoms with Crippen molar-refractivity contribution in [1.82, 2.24) is 9.47 Å². The summed E-state index contributed by atoms with van der Waals surface area (Å²) >= 11 is 3.48. The zero-order valence-corrected chi connectivity index (χ0v) is 16.3. The molecule has 0 unspecified atom stereocenters. The van der Waals surface area contributed by atoms with Gasteiger partial charge in [0.25, 0.3) is 5.91 Å². The van der Waals surface area contributed by atoms with E-state index in [1.807, 2.05) is 26.0 Å². The van der Waals surface area contributed by atoms with Crippen LogP contribution in [0.15, 0.2) is 28.7 Å². The Bertz CT molecular complexity index is 762. The number of morpholine rings is 1. The minimum atomic E-state index is -0.363. The molecule has 3 rings (SSSR count). The van der Waals surface area contributed by atoms with E-state index in [4.69, 9.17) is 10.5 Å². The Morgan fingerprint density at radius 2 is 1.80 bits per heavy atom. The van der Waals surface area contributed by atoms with Gasteiger partial charge in [-0.05, 0) is 37.1 Å². The molecular weight excluding hydrogens is 382 g/mol. The van der Waals surface area contributed by atoms with Gasteiger partial charge in [-0.1, -0.05) is 28.1 Å². The van der Waals surface area contributed by atoms with Crippen LogP contribution in [0.1, 0.15) is 21.6 Å². The fourth-order valence-corrected chi connectivity index (χ4v) is 3.85. The first-order valence-corrected chi connectivity index (χ1v) is 9.34. The predicted octanol–water partition coefficient (Wildman–Crippen LogP) is 2.97. The van der Waals surface area contributed by atoms with Crippen LogP contribution in [0.4, 0.5) is 0 Å². The number of hydrogen-bond acceptors (Lipinski definition) is 3. The second-order valence-electron chi connectivity index (χ2n) is 6.41. The first-order chi connectivity index (χ1) is 12.0. The minimum absolute atomic E-state index is 0.363. The Kier molecular flexibility index (Phi) is 5.61. The van der Waals surface area contributed by atoms with Crippen molar-refractivity contribution >= 4 is 21.8 Å². The lowest BCUT2D eigenvalue weighted by atomic mass is 10.1. The standard InChI is InChI=1S/C19H24BrN3O2/c1-13-17(19(21)24)14(2)23(8-7-22-9-11-25-12-10-22)18(13)15-3-5-16(20)6-4-15/h3-6H,7-12H2,1-2H3,(H2,21,24). The molecular formula is C19H24BrN3O2. The average Bonchev–Trinajstić information content (AvgIpc) is 2.85. The van der Waals surface area contributed by atoms with Crippen molar-refractivity contribution in [2.24, 2.45) is 5.73 Å². The van der Waals surface area contributed by atoms with Gasteiger partial charge < -0.3 is 15.0 Å². The van der Waals surface area contributed by atoms with Crippen LogP contribution in [0.25, 0.3) is 11.3 Å². The number of ether oxygens (including phenoxy) is 1. The zero-order chi connectivity index (χ0) is 18.0. The summed E-state index contributed by atoms with van der Waals surface area (Å²) in [5, 5.41) is 0. The summed E-state index contributed by atoms with van der Waals surface area (Å²) in [7, 11) is 0. The summed E-state index contributed by atoms with van der Waals surface area (Å²) in [6, 6.07) is 8.18. The Hall–Kier alpha value is -1.63. The number of carbonyl (C=O) groups excluding carboxylic acids is 1. The van der Waals surface area contributed by atoms with Crippen molar-refractivity contribution < 1.29 is 9.53 Å². The molecule has 0 aliphatic carbocycles. The number of halogens is 1. The highest BCUT2D eigenvalue weighted by Gasteiger charge is 2.22. The van der Waals surface area contributed by atoms with E-state index in [1.54, 1.807) is 0 Å². The highest BCUT2D eigenvalue weighted by atomic mass is 79.9. The lowest BCUT2D eigenvalue weighted by molar-refractivity contribution is 0.0364. The number of rotatable bonds is 5. The number of benzene rings is 1. The topological polar surface area (TPSA) is 60.5 Å². The molecule has 1 aromatic heterocycles. The number of primary amides is 1. The molecule has 25 heavy (non-hydrogen) atoms. The van der Waals surface area contributed by atoms with Gasteiger partial charge in [-0.3, -0.25) is 9.69 Å². The molecule has 1 aromatic carbocycles. The smallest absolute Gasteiger partial charge is 0.250 e. The average molecular weight is 406 g/mol. The van der Waals surface area contributed by atoms with Crippen molar-refractivity contribution in [3.05, 3.63) is 45.6 Å². The van der Waals surface area contributed by atoms with Crippen molar-refractivity contribution in [1.29, 1.82) is 0 Å². The fraction of sp³-hybridized carbons (Fsp3) is 0.421. The molecule has 6 heteroatoms. The van der Waals surface area contributed by atoms with Gasteiger partial charge in [0.1, 0.15) is 0 Å². The first kappa shape index (κ1) is 18.2. The van der Waals surface area contributed by atoms with Gasteiger partial charge in [0.2, 0.25) is 0 Å². The maximum Gasteiger partial charge on any atom is 0.250 e. The molecule has 2 N–H and O–H groups in total. The van der Waals surface area contributed by atoms with Gasteiger partial charge in [0.15, 0.2) is 0 Å². The van der Waals surface area contributed by atoms with E-state index in [0.717, 1.165) is 66.4 Å². The first-order valence-electron chi connectivity index (χ1n) is 8.54. The minimum Gasteiger partial charge on any atom is -0.379 e. The van der Waals surface area contributed by atoms with E-state index in [9.17, 15) is 4.79 Å². The van der Waals surface area contributed by atoms with Gasteiger partial charge in [-0.2, -0.15) is 0 Å². The van der Waals surface area contributed by atoms with Crippen molar-refractivity contribution in [2.45, 2.75) is 20.4 Å². The Morgan fingerprint density at radius 1 is 1.16 bits per heavy atom. The molecule has 0 spiro atoms. The van der Waals surface area contributed by atoms with E-state index >= 15 is 0 Å². The lowest BCUT2D eigenvalue weighted by Gasteiger charge is -2.27. The highest BCUT2D eigenvalue weighted by molar-refractivity contribution is 9.10. The van der Waals surface area contributed by atoms with Gasteiger partial charge in [-0.25, -0.2) is 0 Å². The second kappa shape index (κ2) is 7.72. The lowest BCUT2D eigenvalue weighted by Crippen LogP contribution is -2.38. The van der Waals surface area contributed by atoms with Crippen LogP contribution >= 0.6 is 15.9 Å². The summed E-state index contributed by atoms with van der Waals surface area (Å²) in [6.07, 6.45) is 0. The Balaban J connectivity index is 1.97. The van der Waals surface area contributed by atoms with Crippen LogP contribution in [0.2, 0.25) is 0 Å². The molecule has 1 fully saturated rings. The fourth-order valence-electron chi connectivity index (χ4n) is 3.58. The third-order valence-electron chi connectivity index (χ3n) is 4.87. The molecule has 2 aromatic rings. The number of carbonyl (C=O) groups is 1. The summed E-state index contributed by atoms with van der Waals surface area (Å²) in [6.45, 7) is 9.20. The molecule has 2 heterocycles. The summed E-state index contributed by atoms with van der Waals surface area (Å²) in [5.74, 6) is -0.363. The van der Waals surface area contributed by atoms with Crippen LogP contribution in [0, 0.1) is 13.8 Å². The maximum absolute atomic E-state index is 12.0. The third kappa shape index (κ3) is 3.81. The highest BCUT2D eigenvalue weighted by Crippen LogP contribution is 2.31. The number of aromatic nitrogens is 1. The summed E-state index contributed by atoms with van der Waals surface area (Å²) in [5.41, 5.74) is 10.4. The summed E-state index contributed by atoms with van der Waals surface area (Å²) < 4.78 is 8.69. The molecule has 0 atom stereocenters. The number of hydrogen-bond donors (Lipinski definition) is 1. The molecule has 0 radical (unpaired) electrons. The molecule has 1 aliphatic rings. The number of amides is 1. The van der Waals surface area contributed by atoms with E-state index in [0.29, 0.717) is 5.56 Å². The van der Waals surface area contributed by atoms with E-state index in [2.05, 4.69) is 37.5 Å². The van der Waals surface area contributed by atoms with E-state index in [-0.39, 0.29) is 5.91 Å². The van der Waals surface area contributed by atoms with Crippen LogP contribution in [0.3, 0.4) is 0 Å². The van der Waals surface area contributed by atoms with Crippen molar-refractivity contribution in [3.8, 4) is 11.3 Å². The molecule has 5 nitrogen and oxygen atoms in total. The van der Waals surface area contributed by atoms with E-state index < -0.39 is 0 Å². The molecule has 134 valence electrons. The van der Waals surface area contributed by atoms with Crippen molar-refractivity contribution in [2.75, 3.05) is 32.8 Å². The third-order valence-corrected chi connectivity index (χ3v) is 5.40. The molecule has 0 bridgehead atoms. The number of nitrogens with two attached hydrogens (primary N) is 1. The van der Waals surface area contributed by atoms with Gasteiger partial charge >= 0.3 is 0 Å². The number of nitrogens with zero attached hydrogens (tertiary/aromatic N) is 2. The van der Waals surface area contributed by atoms with Crippen molar-refractivity contribution in [3.63, 3.8) is 0 Å². The van der Waals surface area contributed by atoms with Crippen LogP contribution < -0.4 is 5.73 Å². The maximum atomic E-state index is 12.0. The van der Waals surface area contributed by atoms with Crippen LogP contribution in [-0.4, -0.2) is 48.2 Å². The monoisotopic (exact) mass is 405 g/mol. The Morgan fingerprint density at radius 3 is 2.40 bits per heavy atom. The summed E-state index contributed by atoms with van der Waals surface area (Å²) in [4.78, 5) is 14.4. The largest absolute Gasteiger partial charge is 0.379 e. The molecule has 1 aliphatic heterocycles. The van der Waals surface area contributed by atoms with Crippen LogP contribution in [0.5, 0.6) is 0 Å². The predicted molar refractivity (Wildman–Crippen MR) is 103 cm³/mol. The van der Waals surface area contributed by atoms with Gasteiger partial charge in [0, 0.05) is 36.3 Å². The second-order valence-corrected chi connectivity index (χ2v) is 7.33. The van der Waals surface area contributed by atoms with E-state index in [1.165, 1.54) is 0 Å². The molecule has 1 saturated heterocycles. The van der Waals surface area contributed by atoms with Gasteiger partial charge in [-0.15, -0.1) is 0 Å². The van der Waals surface area contributed by atoms with Gasteiger partial charge in [0.05, 0.1) is 24.5 Å². The molecule has 0 saturated carbocycles. The van der Waals surface area contributed by atoms with Crippen LogP contribution in [-0.2, 0) is 11.3 Å².